The number of H-pyrrole nitrogens is 1. The molecule has 6 heteroatoms. The maximum absolute atomic E-state index is 11.2. The molecule has 0 unspecified atom stereocenters. The minimum absolute atomic E-state index is 0.0950. The number of thiophene rings is 1. The Morgan fingerprint density at radius 2 is 2.38 bits per heavy atom. The lowest BCUT2D eigenvalue weighted by Crippen LogP contribution is -2.07. The summed E-state index contributed by atoms with van der Waals surface area (Å²) in [4.78, 5) is 19.4. The number of aromatic nitrogens is 2. The summed E-state index contributed by atoms with van der Waals surface area (Å²) in [5.41, 5.74) is 0.654. The molecule has 0 saturated heterocycles. The van der Waals surface area contributed by atoms with Gasteiger partial charge in [-0.3, -0.25) is 4.79 Å². The molecule has 2 aromatic rings. The van der Waals surface area contributed by atoms with Crippen molar-refractivity contribution < 1.29 is 0 Å². The van der Waals surface area contributed by atoms with Gasteiger partial charge in [0.2, 0.25) is 0 Å². The number of hydrogen-bond acceptors (Lipinski definition) is 4. The van der Waals surface area contributed by atoms with Gasteiger partial charge in [-0.2, -0.15) is 0 Å². The first-order chi connectivity index (χ1) is 7.63. The van der Waals surface area contributed by atoms with Gasteiger partial charge >= 0.3 is 0 Å². The normalized spacial score (nSPS) is 10.6. The number of rotatable bonds is 3. The fourth-order valence-electron chi connectivity index (χ4n) is 1.19. The van der Waals surface area contributed by atoms with Crippen LogP contribution < -0.4 is 5.56 Å². The zero-order chi connectivity index (χ0) is 11.5. The molecular formula is C10H9BrN2OS2. The van der Waals surface area contributed by atoms with E-state index in [4.69, 9.17) is 0 Å². The van der Waals surface area contributed by atoms with Crippen LogP contribution in [0.5, 0.6) is 0 Å². The molecule has 2 rings (SSSR count). The Labute approximate surface area is 109 Å². The minimum Gasteiger partial charge on any atom is -0.301 e. The van der Waals surface area contributed by atoms with Crippen LogP contribution in [0.2, 0.25) is 0 Å². The van der Waals surface area contributed by atoms with E-state index in [1.54, 1.807) is 11.3 Å². The van der Waals surface area contributed by atoms with Gasteiger partial charge in [-0.15, -0.1) is 11.3 Å². The van der Waals surface area contributed by atoms with Crippen molar-refractivity contribution in [2.45, 2.75) is 17.8 Å². The molecule has 0 amide bonds. The first kappa shape index (κ1) is 11.9. The molecule has 0 aromatic carbocycles. The van der Waals surface area contributed by atoms with Crippen LogP contribution in [-0.2, 0) is 5.75 Å². The lowest BCUT2D eigenvalue weighted by atomic mass is 10.5. The number of halogens is 1. The summed E-state index contributed by atoms with van der Waals surface area (Å²) >= 11 is 6.64. The molecule has 84 valence electrons. The second-order valence-corrected chi connectivity index (χ2v) is 6.09. The van der Waals surface area contributed by atoms with E-state index in [0.29, 0.717) is 5.16 Å². The Hall–Kier alpha value is -0.590. The number of hydrogen-bond donors (Lipinski definition) is 1. The first-order valence-electron chi connectivity index (χ1n) is 4.57. The van der Waals surface area contributed by atoms with Crippen molar-refractivity contribution in [3.63, 3.8) is 0 Å². The van der Waals surface area contributed by atoms with Gasteiger partial charge in [0.05, 0.1) is 0 Å². The van der Waals surface area contributed by atoms with Crippen LogP contribution in [0, 0.1) is 6.92 Å². The second kappa shape index (κ2) is 5.16. The highest BCUT2D eigenvalue weighted by molar-refractivity contribution is 9.10. The quantitative estimate of drug-likeness (QED) is 0.698. The van der Waals surface area contributed by atoms with Crippen LogP contribution in [0.15, 0.2) is 31.9 Å². The van der Waals surface area contributed by atoms with Crippen molar-refractivity contribution in [3.05, 3.63) is 42.9 Å². The molecule has 0 fully saturated rings. The first-order valence-corrected chi connectivity index (χ1v) is 7.23. The molecule has 0 aliphatic carbocycles. The molecule has 0 aliphatic rings. The van der Waals surface area contributed by atoms with Crippen molar-refractivity contribution in [1.82, 2.24) is 9.97 Å². The highest BCUT2D eigenvalue weighted by atomic mass is 79.9. The molecule has 3 nitrogen and oxygen atoms in total. The molecule has 2 aromatic heterocycles. The summed E-state index contributed by atoms with van der Waals surface area (Å²) in [6.07, 6.45) is 0. The van der Waals surface area contributed by atoms with E-state index in [-0.39, 0.29) is 5.56 Å². The van der Waals surface area contributed by atoms with E-state index in [1.165, 1.54) is 22.7 Å². The van der Waals surface area contributed by atoms with Crippen LogP contribution in [0.1, 0.15) is 10.6 Å². The summed E-state index contributed by atoms with van der Waals surface area (Å²) in [7, 11) is 0. The van der Waals surface area contributed by atoms with Gasteiger partial charge in [0, 0.05) is 32.2 Å². The smallest absolute Gasteiger partial charge is 0.251 e. The van der Waals surface area contributed by atoms with Gasteiger partial charge in [-0.05, 0) is 28.9 Å². The summed E-state index contributed by atoms with van der Waals surface area (Å²) in [6.45, 7) is 1.82. The van der Waals surface area contributed by atoms with Gasteiger partial charge in [-0.25, -0.2) is 4.98 Å². The van der Waals surface area contributed by atoms with Gasteiger partial charge in [0.25, 0.3) is 5.56 Å². The molecule has 0 saturated carbocycles. The highest BCUT2D eigenvalue weighted by Gasteiger charge is 2.02. The second-order valence-electron chi connectivity index (χ2n) is 3.21. The number of nitrogens with one attached hydrogen (secondary N) is 1. The van der Waals surface area contributed by atoms with Crippen molar-refractivity contribution in [2.75, 3.05) is 0 Å². The fourth-order valence-corrected chi connectivity index (χ4v) is 3.62. The lowest BCUT2D eigenvalue weighted by Gasteiger charge is -1.99. The summed E-state index contributed by atoms with van der Waals surface area (Å²) in [5.74, 6) is 0.822. The molecule has 2 heterocycles. The number of aryl methyl sites for hydroxylation is 1. The summed E-state index contributed by atoms with van der Waals surface area (Å²) in [6, 6.07) is 3.57. The van der Waals surface area contributed by atoms with Gasteiger partial charge in [0.15, 0.2) is 5.16 Å². The van der Waals surface area contributed by atoms with Crippen molar-refractivity contribution >= 4 is 39.0 Å². The average molecular weight is 317 g/mol. The Morgan fingerprint density at radius 3 is 3.00 bits per heavy atom. The van der Waals surface area contributed by atoms with Crippen LogP contribution in [0.3, 0.4) is 0 Å². The van der Waals surface area contributed by atoms with E-state index in [0.717, 1.165) is 15.9 Å². The van der Waals surface area contributed by atoms with E-state index < -0.39 is 0 Å². The Kier molecular flexibility index (Phi) is 3.83. The predicted molar refractivity (Wildman–Crippen MR) is 71.2 cm³/mol. The number of nitrogens with zero attached hydrogens (tertiary/aromatic N) is 1. The van der Waals surface area contributed by atoms with Crippen molar-refractivity contribution in [1.29, 1.82) is 0 Å². The van der Waals surface area contributed by atoms with Gasteiger partial charge in [-0.1, -0.05) is 11.8 Å². The third-order valence-electron chi connectivity index (χ3n) is 1.82. The molecule has 0 atom stereocenters. The fraction of sp³-hybridized carbons (Fsp3) is 0.200. The van der Waals surface area contributed by atoms with E-state index in [9.17, 15) is 4.79 Å². The molecule has 0 spiro atoms. The Bertz CT molecular complexity index is 550. The van der Waals surface area contributed by atoms with Crippen molar-refractivity contribution in [2.24, 2.45) is 0 Å². The molecule has 0 aliphatic heterocycles. The SMILES string of the molecule is Cc1cc(=O)[nH]c(SCc2cc(Br)cs2)n1. The summed E-state index contributed by atoms with van der Waals surface area (Å²) in [5, 5.41) is 2.72. The summed E-state index contributed by atoms with van der Waals surface area (Å²) < 4.78 is 1.10. The maximum Gasteiger partial charge on any atom is 0.251 e. The van der Waals surface area contributed by atoms with Gasteiger partial charge < -0.3 is 4.98 Å². The number of aromatic amines is 1. The average Bonchev–Trinajstić information content (AvgIpc) is 2.60. The molecular weight excluding hydrogens is 308 g/mol. The molecule has 1 N–H and O–H groups in total. The highest BCUT2D eigenvalue weighted by Crippen LogP contribution is 2.26. The molecule has 0 bridgehead atoms. The van der Waals surface area contributed by atoms with Gasteiger partial charge in [0.1, 0.15) is 0 Å². The van der Waals surface area contributed by atoms with E-state index in [2.05, 4.69) is 32.0 Å². The molecule has 16 heavy (non-hydrogen) atoms. The Balaban J connectivity index is 2.07. The monoisotopic (exact) mass is 316 g/mol. The van der Waals surface area contributed by atoms with Crippen LogP contribution in [-0.4, -0.2) is 9.97 Å². The minimum atomic E-state index is -0.0950. The number of thioether (sulfide) groups is 1. The lowest BCUT2D eigenvalue weighted by molar-refractivity contribution is 0.905. The predicted octanol–water partition coefficient (Wildman–Crippen LogP) is 3.19. The Morgan fingerprint density at radius 1 is 1.56 bits per heavy atom. The van der Waals surface area contributed by atoms with E-state index in [1.807, 2.05) is 12.3 Å². The van der Waals surface area contributed by atoms with Crippen LogP contribution in [0.4, 0.5) is 0 Å². The largest absolute Gasteiger partial charge is 0.301 e. The third kappa shape index (κ3) is 3.20. The third-order valence-corrected chi connectivity index (χ3v) is 4.62. The zero-order valence-corrected chi connectivity index (χ0v) is 11.7. The topological polar surface area (TPSA) is 45.8 Å². The van der Waals surface area contributed by atoms with Crippen LogP contribution >= 0.6 is 39.0 Å². The zero-order valence-electron chi connectivity index (χ0n) is 8.49. The van der Waals surface area contributed by atoms with Crippen molar-refractivity contribution in [3.8, 4) is 0 Å². The maximum atomic E-state index is 11.2. The van der Waals surface area contributed by atoms with Crippen LogP contribution in [0.25, 0.3) is 0 Å². The standard InChI is InChI=1S/C10H9BrN2OS2/c1-6-2-9(14)13-10(12-6)16-5-8-3-7(11)4-15-8/h2-4H,5H2,1H3,(H,12,13,14). The molecule has 0 radical (unpaired) electrons. The van der Waals surface area contributed by atoms with E-state index >= 15 is 0 Å².